The Balaban J connectivity index is 0.00000288. The van der Waals surface area contributed by atoms with Crippen molar-refractivity contribution in [1.82, 2.24) is 15.6 Å². The lowest BCUT2D eigenvalue weighted by molar-refractivity contribution is -0.125. The maximum Gasteiger partial charge on any atom is 0.239 e. The Bertz CT molecular complexity index is 680. The second kappa shape index (κ2) is 11.8. The van der Waals surface area contributed by atoms with Crippen LogP contribution in [0, 0.1) is 6.92 Å². The molecule has 0 radical (unpaired) electrons. The van der Waals surface area contributed by atoms with Crippen molar-refractivity contribution in [3.05, 3.63) is 40.2 Å². The van der Waals surface area contributed by atoms with Crippen LogP contribution in [0.15, 0.2) is 30.3 Å². The average Bonchev–Trinajstić information content (AvgIpc) is 2.94. The number of nitrogens with one attached hydrogen (secondary N) is 2. The van der Waals surface area contributed by atoms with Gasteiger partial charge in [-0.1, -0.05) is 30.3 Å². The predicted molar refractivity (Wildman–Crippen MR) is 106 cm³/mol. The molecule has 0 saturated heterocycles. The molecule has 0 atom stereocenters. The number of benzene rings is 1. The fraction of sp³-hybridized carbons (Fsp3) is 0.312. The lowest BCUT2D eigenvalue weighted by atomic mass is 10.1. The Kier molecular flexibility index (Phi) is 11.0. The van der Waals surface area contributed by atoms with Crippen LogP contribution in [0.5, 0.6) is 0 Å². The highest BCUT2D eigenvalue weighted by Crippen LogP contribution is 2.27. The molecule has 0 bridgehead atoms. The third-order valence-corrected chi connectivity index (χ3v) is 4.21. The van der Waals surface area contributed by atoms with Crippen LogP contribution in [0.4, 0.5) is 0 Å². The van der Waals surface area contributed by atoms with Gasteiger partial charge in [-0.3, -0.25) is 9.59 Å². The van der Waals surface area contributed by atoms with E-state index in [0.717, 1.165) is 21.1 Å². The molecule has 0 aliphatic rings. The summed E-state index contributed by atoms with van der Waals surface area (Å²) in [4.78, 5) is 28.3. The molecule has 6 nitrogen and oxygen atoms in total. The van der Waals surface area contributed by atoms with Crippen LogP contribution >= 0.6 is 36.2 Å². The first kappa shape index (κ1) is 23.3. The third kappa shape index (κ3) is 7.39. The quantitative estimate of drug-likeness (QED) is 0.653. The molecule has 2 aromatic rings. The summed E-state index contributed by atoms with van der Waals surface area (Å²) < 4.78 is 0. The lowest BCUT2D eigenvalue weighted by Crippen LogP contribution is -2.40. The molecule has 0 saturated carbocycles. The SMILES string of the molecule is Cc1sc(CCNC(=O)CNC(=O)CN)nc1-c1ccccc1.Cl.Cl. The first-order valence-corrected chi connectivity index (χ1v) is 8.17. The minimum atomic E-state index is -0.344. The van der Waals surface area contributed by atoms with E-state index in [4.69, 9.17) is 5.73 Å². The van der Waals surface area contributed by atoms with E-state index in [-0.39, 0.29) is 49.7 Å². The molecule has 4 N–H and O–H groups in total. The van der Waals surface area contributed by atoms with Gasteiger partial charge in [0.1, 0.15) is 0 Å². The first-order chi connectivity index (χ1) is 11.1. The van der Waals surface area contributed by atoms with Crippen molar-refractivity contribution < 1.29 is 9.59 Å². The molecule has 9 heteroatoms. The molecule has 0 aliphatic carbocycles. The summed E-state index contributed by atoms with van der Waals surface area (Å²) in [5.41, 5.74) is 7.24. The van der Waals surface area contributed by atoms with Crippen molar-refractivity contribution in [3.63, 3.8) is 0 Å². The fourth-order valence-electron chi connectivity index (χ4n) is 2.04. The summed E-state index contributed by atoms with van der Waals surface area (Å²) in [5.74, 6) is -0.577. The number of halogens is 2. The molecule has 1 aromatic heterocycles. The molecule has 0 unspecified atom stereocenters. The fourth-order valence-corrected chi connectivity index (χ4v) is 3.00. The van der Waals surface area contributed by atoms with E-state index in [0.29, 0.717) is 13.0 Å². The number of carbonyl (C=O) groups excluding carboxylic acids is 2. The van der Waals surface area contributed by atoms with Crippen LogP contribution in [0.3, 0.4) is 0 Å². The highest BCUT2D eigenvalue weighted by molar-refractivity contribution is 7.12. The average molecular weight is 405 g/mol. The third-order valence-electron chi connectivity index (χ3n) is 3.18. The zero-order chi connectivity index (χ0) is 16.7. The highest BCUT2D eigenvalue weighted by atomic mass is 35.5. The molecule has 1 heterocycles. The Labute approximate surface area is 163 Å². The maximum atomic E-state index is 11.6. The van der Waals surface area contributed by atoms with Gasteiger partial charge < -0.3 is 16.4 Å². The molecule has 0 spiro atoms. The summed E-state index contributed by atoms with van der Waals surface area (Å²) in [5, 5.41) is 6.16. The summed E-state index contributed by atoms with van der Waals surface area (Å²) in [6.45, 7) is 2.36. The van der Waals surface area contributed by atoms with Crippen LogP contribution in [-0.2, 0) is 16.0 Å². The number of aromatic nitrogens is 1. The van der Waals surface area contributed by atoms with E-state index >= 15 is 0 Å². The van der Waals surface area contributed by atoms with Gasteiger partial charge in [0.2, 0.25) is 11.8 Å². The van der Waals surface area contributed by atoms with Crippen LogP contribution in [0.2, 0.25) is 0 Å². The molecule has 0 fully saturated rings. The van der Waals surface area contributed by atoms with Crippen LogP contribution in [-0.4, -0.2) is 36.4 Å². The lowest BCUT2D eigenvalue weighted by Gasteiger charge is -2.05. The van der Waals surface area contributed by atoms with Crippen LogP contribution in [0.25, 0.3) is 11.3 Å². The Morgan fingerprint density at radius 2 is 1.80 bits per heavy atom. The summed E-state index contributed by atoms with van der Waals surface area (Å²) in [6.07, 6.45) is 0.662. The highest BCUT2D eigenvalue weighted by Gasteiger charge is 2.10. The topological polar surface area (TPSA) is 97.1 Å². The second-order valence-electron chi connectivity index (χ2n) is 4.96. The second-order valence-corrected chi connectivity index (χ2v) is 6.25. The minimum absolute atomic E-state index is 0. The molecule has 25 heavy (non-hydrogen) atoms. The normalized spacial score (nSPS) is 9.52. The number of aryl methyl sites for hydroxylation is 1. The van der Waals surface area contributed by atoms with Crippen molar-refractivity contribution in [3.8, 4) is 11.3 Å². The van der Waals surface area contributed by atoms with Gasteiger partial charge in [0.05, 0.1) is 23.8 Å². The molecule has 2 amide bonds. The first-order valence-electron chi connectivity index (χ1n) is 7.35. The van der Waals surface area contributed by atoms with E-state index in [1.54, 1.807) is 11.3 Å². The number of amides is 2. The minimum Gasteiger partial charge on any atom is -0.354 e. The van der Waals surface area contributed by atoms with Crippen molar-refractivity contribution in [2.24, 2.45) is 5.73 Å². The van der Waals surface area contributed by atoms with E-state index in [1.165, 1.54) is 0 Å². The van der Waals surface area contributed by atoms with E-state index in [1.807, 2.05) is 37.3 Å². The predicted octanol–water partition coefficient (Wildman–Crippen LogP) is 1.70. The molecule has 0 aliphatic heterocycles. The zero-order valence-corrected chi connectivity index (χ0v) is 16.2. The molecule has 1 aromatic carbocycles. The van der Waals surface area contributed by atoms with E-state index in [9.17, 15) is 9.59 Å². The van der Waals surface area contributed by atoms with Crippen molar-refractivity contribution in [2.75, 3.05) is 19.6 Å². The monoisotopic (exact) mass is 404 g/mol. The van der Waals surface area contributed by atoms with Crippen molar-refractivity contribution >= 4 is 48.0 Å². The van der Waals surface area contributed by atoms with Crippen molar-refractivity contribution in [2.45, 2.75) is 13.3 Å². The number of nitrogens with zero attached hydrogens (tertiary/aromatic N) is 1. The molecule has 138 valence electrons. The van der Waals surface area contributed by atoms with Gasteiger partial charge in [0.15, 0.2) is 0 Å². The van der Waals surface area contributed by atoms with Gasteiger partial charge in [-0.2, -0.15) is 0 Å². The number of hydrogen-bond donors (Lipinski definition) is 3. The summed E-state index contributed by atoms with van der Waals surface area (Å²) >= 11 is 1.63. The van der Waals surface area contributed by atoms with Gasteiger partial charge >= 0.3 is 0 Å². The summed E-state index contributed by atoms with van der Waals surface area (Å²) in [6, 6.07) is 10.0. The van der Waals surface area contributed by atoms with E-state index in [2.05, 4.69) is 15.6 Å². The molecular formula is C16H22Cl2N4O2S. The van der Waals surface area contributed by atoms with Crippen LogP contribution < -0.4 is 16.4 Å². The number of nitrogens with two attached hydrogens (primary N) is 1. The van der Waals surface area contributed by atoms with Gasteiger partial charge in [0.25, 0.3) is 0 Å². The smallest absolute Gasteiger partial charge is 0.239 e. The van der Waals surface area contributed by atoms with E-state index < -0.39 is 0 Å². The number of hydrogen-bond acceptors (Lipinski definition) is 5. The van der Waals surface area contributed by atoms with Crippen molar-refractivity contribution in [1.29, 1.82) is 0 Å². The summed E-state index contributed by atoms with van der Waals surface area (Å²) in [7, 11) is 0. The number of carbonyl (C=O) groups is 2. The van der Waals surface area contributed by atoms with Gasteiger partial charge in [0, 0.05) is 23.4 Å². The standard InChI is InChI=1S/C16H20N4O2S.2ClH/c1-11-16(12-5-3-2-4-6-12)20-15(23-11)7-8-18-14(22)10-19-13(21)9-17;;/h2-6H,7-10,17H2,1H3,(H,18,22)(H,19,21);2*1H. The van der Waals surface area contributed by atoms with Gasteiger partial charge in [-0.25, -0.2) is 4.98 Å². The van der Waals surface area contributed by atoms with Gasteiger partial charge in [-0.05, 0) is 6.92 Å². The maximum absolute atomic E-state index is 11.6. The molecular weight excluding hydrogens is 383 g/mol. The van der Waals surface area contributed by atoms with Gasteiger partial charge in [-0.15, -0.1) is 36.2 Å². The number of rotatable bonds is 7. The van der Waals surface area contributed by atoms with Crippen LogP contribution in [0.1, 0.15) is 9.88 Å². The number of thiazole rings is 1. The zero-order valence-electron chi connectivity index (χ0n) is 13.8. The Morgan fingerprint density at radius 1 is 1.12 bits per heavy atom. The Morgan fingerprint density at radius 3 is 2.44 bits per heavy atom. The Hall–Kier alpha value is -1.67. The molecule has 2 rings (SSSR count). The largest absolute Gasteiger partial charge is 0.354 e.